The van der Waals surface area contributed by atoms with Gasteiger partial charge in [-0.2, -0.15) is 0 Å². The van der Waals surface area contributed by atoms with E-state index in [0.29, 0.717) is 11.4 Å². The zero-order valence-electron chi connectivity index (χ0n) is 38.3. The quantitative estimate of drug-likeness (QED) is 0.108. The summed E-state index contributed by atoms with van der Waals surface area (Å²) in [5, 5.41) is 16.8. The zero-order chi connectivity index (χ0) is 49.7. The summed E-state index contributed by atoms with van der Waals surface area (Å²) in [5.41, 5.74) is 2.26. The lowest BCUT2D eigenvalue weighted by atomic mass is 9.98. The van der Waals surface area contributed by atoms with Gasteiger partial charge in [0, 0.05) is 55.4 Å². The van der Waals surface area contributed by atoms with Gasteiger partial charge in [0.2, 0.25) is 0 Å². The molecule has 2 aromatic heterocycles. The van der Waals surface area contributed by atoms with Crippen LogP contribution in [0.4, 0.5) is 0 Å². The number of esters is 8. The summed E-state index contributed by atoms with van der Waals surface area (Å²) in [6.45, 7) is 8.11. The number of hydrogen-bond acceptors (Lipinski definition) is 24. The van der Waals surface area contributed by atoms with E-state index in [9.17, 15) is 38.4 Å². The van der Waals surface area contributed by atoms with Crippen LogP contribution in [-0.2, 0) is 122 Å². The molecule has 0 radical (unpaired) electrons. The molecule has 0 amide bonds. The van der Waals surface area contributed by atoms with Crippen LogP contribution >= 0.6 is 0 Å². The molecular weight excluding hydrogens is 908 g/mol. The number of carbonyl (C=O) groups is 8. The van der Waals surface area contributed by atoms with E-state index in [1.165, 1.54) is 0 Å². The second-order valence-electron chi connectivity index (χ2n) is 15.3. The Hall–Kier alpha value is -6.90. The highest BCUT2D eigenvalue weighted by Crippen LogP contribution is 2.32. The number of benzene rings is 1. The molecule has 0 saturated carbocycles. The van der Waals surface area contributed by atoms with Gasteiger partial charge in [-0.25, -0.2) is 9.36 Å². The lowest BCUT2D eigenvalue weighted by Gasteiger charge is -2.43. The minimum absolute atomic E-state index is 0.232. The number of hydrogen-bond donors (Lipinski definition) is 0. The molecule has 10 atom stereocenters. The minimum Gasteiger partial charge on any atom is -0.463 e. The maximum Gasteiger partial charge on any atom is 0.303 e. The minimum atomic E-state index is -1.43. The standard InChI is InChI=1S/C42H52N6O20/c1-21(49)57-19-33-35(61-23(3)51)37(63-25(5)53)39(65-27(7)55)41(67-33)59-17-31-15-47(45-43-31)13-29-11-9-10-12-30(29)14-48-16-32(44-46-48)18-60-42-40(66-28(8)56)38(64-26(6)54)36(62-24(4)52)34(68-42)20-58-22(2)50/h9-12,15-16,33-42H,13-14,17-20H2,1-8H3/t33-,34-,35-,36-,37+,38+,39+,40+,41+,42+/m1/s1. The van der Waals surface area contributed by atoms with Crippen LogP contribution in [0.15, 0.2) is 36.7 Å². The Morgan fingerprint density at radius 2 is 0.794 bits per heavy atom. The fraction of sp³-hybridized carbons (Fsp3) is 0.571. The van der Waals surface area contributed by atoms with E-state index >= 15 is 0 Å². The van der Waals surface area contributed by atoms with Gasteiger partial charge in [0.25, 0.3) is 0 Å². The molecule has 0 aliphatic carbocycles. The molecule has 2 aliphatic rings. The average molecular weight is 961 g/mol. The van der Waals surface area contributed by atoms with Gasteiger partial charge in [0.1, 0.15) is 36.8 Å². The van der Waals surface area contributed by atoms with E-state index in [1.54, 1.807) is 21.8 Å². The molecule has 2 fully saturated rings. The lowest BCUT2D eigenvalue weighted by Crippen LogP contribution is -2.62. The molecular formula is C42H52N6O20. The van der Waals surface area contributed by atoms with Crippen LogP contribution in [0.1, 0.15) is 77.9 Å². The van der Waals surface area contributed by atoms with Crippen LogP contribution in [-0.4, -0.2) is 152 Å². The average Bonchev–Trinajstić information content (AvgIpc) is 3.90. The fourth-order valence-corrected chi connectivity index (χ4v) is 7.16. The fourth-order valence-electron chi connectivity index (χ4n) is 7.16. The molecule has 26 heteroatoms. The van der Waals surface area contributed by atoms with Crippen molar-refractivity contribution in [3.05, 3.63) is 59.2 Å². The molecule has 1 aromatic carbocycles. The van der Waals surface area contributed by atoms with E-state index in [4.69, 9.17) is 56.8 Å². The van der Waals surface area contributed by atoms with Crippen molar-refractivity contribution in [1.82, 2.24) is 30.0 Å². The lowest BCUT2D eigenvalue weighted by molar-refractivity contribution is -0.310. The van der Waals surface area contributed by atoms with Crippen molar-refractivity contribution in [2.45, 2.75) is 143 Å². The van der Waals surface area contributed by atoms with Crippen LogP contribution in [0, 0.1) is 0 Å². The molecule has 26 nitrogen and oxygen atoms in total. The third-order valence-corrected chi connectivity index (χ3v) is 9.64. The van der Waals surface area contributed by atoms with Crippen molar-refractivity contribution in [2.24, 2.45) is 0 Å². The Morgan fingerprint density at radius 3 is 1.12 bits per heavy atom. The van der Waals surface area contributed by atoms with Crippen LogP contribution in [0.25, 0.3) is 0 Å². The van der Waals surface area contributed by atoms with Gasteiger partial charge in [-0.3, -0.25) is 38.4 Å². The summed E-state index contributed by atoms with van der Waals surface area (Å²) >= 11 is 0. The Labute approximate surface area is 387 Å². The van der Waals surface area contributed by atoms with E-state index in [0.717, 1.165) is 66.5 Å². The third-order valence-electron chi connectivity index (χ3n) is 9.64. The van der Waals surface area contributed by atoms with Crippen molar-refractivity contribution in [3.63, 3.8) is 0 Å². The summed E-state index contributed by atoms with van der Waals surface area (Å²) in [6.07, 6.45) is -10.4. The van der Waals surface area contributed by atoms with Crippen molar-refractivity contribution in [3.8, 4) is 0 Å². The first kappa shape index (κ1) is 52.1. The predicted octanol–water partition coefficient (Wildman–Crippen LogP) is 0.166. The molecule has 370 valence electrons. The molecule has 0 spiro atoms. The number of aromatic nitrogens is 6. The van der Waals surface area contributed by atoms with E-state index in [1.807, 2.05) is 24.3 Å². The number of ether oxygens (including phenoxy) is 12. The zero-order valence-corrected chi connectivity index (χ0v) is 38.3. The van der Waals surface area contributed by atoms with Crippen molar-refractivity contribution in [1.29, 1.82) is 0 Å². The predicted molar refractivity (Wildman–Crippen MR) is 218 cm³/mol. The van der Waals surface area contributed by atoms with E-state index in [-0.39, 0.29) is 26.3 Å². The molecule has 2 aliphatic heterocycles. The van der Waals surface area contributed by atoms with Crippen LogP contribution in [0.2, 0.25) is 0 Å². The van der Waals surface area contributed by atoms with Crippen LogP contribution in [0.5, 0.6) is 0 Å². The maximum absolute atomic E-state index is 12.2. The number of rotatable bonds is 20. The molecule has 0 bridgehead atoms. The molecule has 0 N–H and O–H groups in total. The summed E-state index contributed by atoms with van der Waals surface area (Å²) in [7, 11) is 0. The summed E-state index contributed by atoms with van der Waals surface area (Å²) < 4.78 is 69.9. The SMILES string of the molecule is CC(=O)OC[C@H]1O[C@H](OCc2cn(Cc3ccccc3Cn3cc(CO[C@H]4O[C@H](COC(C)=O)[C@@H](OC(C)=O)[C@H](OC(C)=O)[C@@H]4OC(C)=O)nn3)nn2)[C@@H](OC(C)=O)[C@@H](OC(C)=O)[C@@H]1OC(C)=O. The smallest absolute Gasteiger partial charge is 0.303 e. The first-order valence-electron chi connectivity index (χ1n) is 20.9. The molecule has 68 heavy (non-hydrogen) atoms. The van der Waals surface area contributed by atoms with Gasteiger partial charge < -0.3 is 56.8 Å². The van der Waals surface area contributed by atoms with Crippen molar-refractivity contribution in [2.75, 3.05) is 13.2 Å². The summed E-state index contributed by atoms with van der Waals surface area (Å²) in [5.74, 6) is -6.03. The number of carbonyl (C=O) groups excluding carboxylic acids is 8. The van der Waals surface area contributed by atoms with Gasteiger partial charge in [-0.15, -0.1) is 10.2 Å². The van der Waals surface area contributed by atoms with Gasteiger partial charge in [-0.05, 0) is 11.1 Å². The molecule has 2 saturated heterocycles. The van der Waals surface area contributed by atoms with Crippen LogP contribution < -0.4 is 0 Å². The van der Waals surface area contributed by atoms with Gasteiger partial charge in [0.05, 0.1) is 38.7 Å². The van der Waals surface area contributed by atoms with Crippen molar-refractivity contribution >= 4 is 47.8 Å². The van der Waals surface area contributed by atoms with Gasteiger partial charge >= 0.3 is 47.8 Å². The Bertz CT molecular complexity index is 2130. The molecule has 4 heterocycles. The van der Waals surface area contributed by atoms with Crippen molar-refractivity contribution < 1.29 is 95.2 Å². The first-order valence-corrected chi connectivity index (χ1v) is 20.9. The highest BCUT2D eigenvalue weighted by atomic mass is 16.7. The normalized spacial score (nSPS) is 24.4. The molecule has 5 rings (SSSR count). The monoisotopic (exact) mass is 960 g/mol. The van der Waals surface area contributed by atoms with Gasteiger partial charge in [-0.1, -0.05) is 34.7 Å². The summed E-state index contributed by atoms with van der Waals surface area (Å²) in [4.78, 5) is 96.3. The second-order valence-corrected chi connectivity index (χ2v) is 15.3. The van der Waals surface area contributed by atoms with E-state index in [2.05, 4.69) is 20.6 Å². The van der Waals surface area contributed by atoms with Crippen LogP contribution in [0.3, 0.4) is 0 Å². The highest BCUT2D eigenvalue weighted by molar-refractivity contribution is 5.70. The topological polar surface area (TPSA) is 309 Å². The van der Waals surface area contributed by atoms with E-state index < -0.39 is 122 Å². The second kappa shape index (κ2) is 24.2. The highest BCUT2D eigenvalue weighted by Gasteiger charge is 2.54. The Morgan fingerprint density at radius 1 is 0.471 bits per heavy atom. The Balaban J connectivity index is 1.27. The summed E-state index contributed by atoms with van der Waals surface area (Å²) in [6, 6.07) is 7.41. The largest absolute Gasteiger partial charge is 0.463 e. The third kappa shape index (κ3) is 15.3. The van der Waals surface area contributed by atoms with Gasteiger partial charge in [0.15, 0.2) is 49.2 Å². The first-order chi connectivity index (χ1) is 32.3. The molecule has 0 unspecified atom stereocenters. The number of nitrogens with zero attached hydrogens (tertiary/aromatic N) is 6. The molecule has 3 aromatic rings. The Kier molecular flexibility index (Phi) is 18.5. The maximum atomic E-state index is 12.2.